The maximum Gasteiger partial charge on any atom is 0.341 e. The molecule has 0 bridgehead atoms. The molecule has 4 heterocycles. The van der Waals surface area contributed by atoms with Crippen molar-refractivity contribution in [3.05, 3.63) is 32.5 Å². The minimum atomic E-state index is -3.71. The maximum atomic E-state index is 13.2. The highest BCUT2D eigenvalue weighted by atomic mass is 35.5. The van der Waals surface area contributed by atoms with Crippen LogP contribution in [0.15, 0.2) is 16.3 Å². The van der Waals surface area contributed by atoms with E-state index in [1.54, 1.807) is 6.07 Å². The van der Waals surface area contributed by atoms with Gasteiger partial charge in [-0.2, -0.15) is 4.31 Å². The van der Waals surface area contributed by atoms with Crippen LogP contribution in [0, 0.1) is 5.92 Å². The Balaban J connectivity index is 1.53. The van der Waals surface area contributed by atoms with Crippen LogP contribution in [0.1, 0.15) is 40.6 Å². The van der Waals surface area contributed by atoms with Crippen molar-refractivity contribution in [2.24, 2.45) is 5.92 Å². The summed E-state index contributed by atoms with van der Waals surface area (Å²) in [6, 6.07) is 3.05. The van der Waals surface area contributed by atoms with E-state index in [-0.39, 0.29) is 16.7 Å². The Morgan fingerprint density at radius 2 is 2.06 bits per heavy atom. The lowest BCUT2D eigenvalue weighted by atomic mass is 9.98. The Bertz CT molecular complexity index is 1160. The molecule has 4 rings (SSSR count). The monoisotopic (exact) mass is 531 g/mol. The van der Waals surface area contributed by atoms with Gasteiger partial charge in [-0.25, -0.2) is 13.2 Å². The predicted molar refractivity (Wildman–Crippen MR) is 130 cm³/mol. The van der Waals surface area contributed by atoms with Crippen LogP contribution in [-0.4, -0.2) is 62.8 Å². The molecule has 2 aliphatic rings. The Morgan fingerprint density at radius 1 is 1.27 bits per heavy atom. The highest BCUT2D eigenvalue weighted by molar-refractivity contribution is 7.91. The number of carbonyl (C=O) groups excluding carboxylic acids is 2. The highest BCUT2D eigenvalue weighted by Gasteiger charge is 2.35. The van der Waals surface area contributed by atoms with Crippen LogP contribution in [0.3, 0.4) is 0 Å². The van der Waals surface area contributed by atoms with Crippen molar-refractivity contribution >= 4 is 61.2 Å². The van der Waals surface area contributed by atoms with Crippen LogP contribution in [0.25, 0.3) is 0 Å². The van der Waals surface area contributed by atoms with Gasteiger partial charge in [0.05, 0.1) is 22.9 Å². The molecule has 2 aromatic rings. The van der Waals surface area contributed by atoms with Crippen LogP contribution in [0.4, 0.5) is 5.00 Å². The number of hydrogen-bond acceptors (Lipinski definition) is 8. The largest absolute Gasteiger partial charge is 0.465 e. The van der Waals surface area contributed by atoms with E-state index in [0.29, 0.717) is 34.3 Å². The molecule has 1 unspecified atom stereocenters. The number of esters is 1. The van der Waals surface area contributed by atoms with Gasteiger partial charge in [0, 0.05) is 31.1 Å². The van der Waals surface area contributed by atoms with Gasteiger partial charge in [0.25, 0.3) is 10.0 Å². The Hall–Kier alpha value is -1.50. The first kappa shape index (κ1) is 24.6. The lowest BCUT2D eigenvalue weighted by Crippen LogP contribution is -2.43. The van der Waals surface area contributed by atoms with Gasteiger partial charge in [-0.05, 0) is 43.5 Å². The summed E-state index contributed by atoms with van der Waals surface area (Å²) in [4.78, 5) is 29.1. The smallest absolute Gasteiger partial charge is 0.341 e. The van der Waals surface area contributed by atoms with E-state index in [1.165, 1.54) is 28.8 Å². The third kappa shape index (κ3) is 4.98. The quantitative estimate of drug-likeness (QED) is 0.571. The van der Waals surface area contributed by atoms with E-state index in [0.717, 1.165) is 47.8 Å². The SMILES string of the molecule is CCN1CCc2c(sc(NC(=O)C3CCCN(S(=O)(=O)c4ccc(Cl)s4)C3)c2C(=O)OC)C1. The molecule has 1 fully saturated rings. The predicted octanol–water partition coefficient (Wildman–Crippen LogP) is 3.67. The lowest BCUT2D eigenvalue weighted by molar-refractivity contribution is -0.120. The third-order valence-corrected chi connectivity index (χ3v) is 10.8. The normalized spacial score (nSPS) is 19.8. The second kappa shape index (κ2) is 10.0. The number of methoxy groups -OCH3 is 1. The fourth-order valence-electron chi connectivity index (χ4n) is 4.28. The first-order valence-corrected chi connectivity index (χ1v) is 14.2. The average Bonchev–Trinajstić information content (AvgIpc) is 3.41. The number of nitrogens with one attached hydrogen (secondary N) is 1. The summed E-state index contributed by atoms with van der Waals surface area (Å²) < 4.78 is 32.9. The number of thiophene rings is 2. The zero-order chi connectivity index (χ0) is 23.8. The summed E-state index contributed by atoms with van der Waals surface area (Å²) >= 11 is 8.33. The molecule has 1 saturated heterocycles. The van der Waals surface area contributed by atoms with Crippen LogP contribution in [0.5, 0.6) is 0 Å². The summed E-state index contributed by atoms with van der Waals surface area (Å²) in [7, 11) is -2.37. The van der Waals surface area contributed by atoms with Crippen molar-refractivity contribution < 1.29 is 22.7 Å². The molecule has 0 saturated carbocycles. The molecule has 1 amide bonds. The van der Waals surface area contributed by atoms with Gasteiger partial charge >= 0.3 is 5.97 Å². The Kier molecular flexibility index (Phi) is 7.47. The van der Waals surface area contributed by atoms with Crippen molar-refractivity contribution in [2.45, 2.75) is 36.9 Å². The van der Waals surface area contributed by atoms with Crippen molar-refractivity contribution in [1.82, 2.24) is 9.21 Å². The van der Waals surface area contributed by atoms with Gasteiger partial charge in [0.2, 0.25) is 5.91 Å². The molecule has 1 N–H and O–H groups in total. The molecule has 180 valence electrons. The minimum Gasteiger partial charge on any atom is -0.465 e. The summed E-state index contributed by atoms with van der Waals surface area (Å²) in [6.45, 7) is 5.03. The first-order chi connectivity index (χ1) is 15.7. The average molecular weight is 532 g/mol. The molecule has 0 radical (unpaired) electrons. The molecule has 33 heavy (non-hydrogen) atoms. The van der Waals surface area contributed by atoms with E-state index in [9.17, 15) is 18.0 Å². The number of ether oxygens (including phenoxy) is 1. The van der Waals surface area contributed by atoms with E-state index >= 15 is 0 Å². The fraction of sp³-hybridized carbons (Fsp3) is 0.524. The molecule has 0 aliphatic carbocycles. The number of anilines is 1. The van der Waals surface area contributed by atoms with E-state index < -0.39 is 21.9 Å². The van der Waals surface area contributed by atoms with Gasteiger partial charge in [-0.1, -0.05) is 18.5 Å². The summed E-state index contributed by atoms with van der Waals surface area (Å²) in [5.74, 6) is -1.26. The van der Waals surface area contributed by atoms with Crippen molar-refractivity contribution in [2.75, 3.05) is 38.6 Å². The van der Waals surface area contributed by atoms with E-state index in [4.69, 9.17) is 16.3 Å². The zero-order valence-electron chi connectivity index (χ0n) is 18.4. The maximum absolute atomic E-state index is 13.2. The number of halogens is 1. The summed E-state index contributed by atoms with van der Waals surface area (Å²) in [5.41, 5.74) is 1.37. The van der Waals surface area contributed by atoms with Gasteiger partial charge in [-0.15, -0.1) is 22.7 Å². The second-order valence-corrected chi connectivity index (χ2v) is 13.1. The molecule has 2 aromatic heterocycles. The molecule has 8 nitrogen and oxygen atoms in total. The number of piperidine rings is 1. The first-order valence-electron chi connectivity index (χ1n) is 10.8. The molecule has 2 aliphatic heterocycles. The second-order valence-electron chi connectivity index (χ2n) is 8.07. The zero-order valence-corrected chi connectivity index (χ0v) is 21.6. The summed E-state index contributed by atoms with van der Waals surface area (Å²) in [5, 5.41) is 3.41. The molecular weight excluding hydrogens is 506 g/mol. The van der Waals surface area contributed by atoms with Gasteiger partial charge in [0.1, 0.15) is 9.21 Å². The van der Waals surface area contributed by atoms with E-state index in [2.05, 4.69) is 17.1 Å². The molecule has 12 heteroatoms. The Morgan fingerprint density at radius 3 is 2.73 bits per heavy atom. The van der Waals surface area contributed by atoms with Crippen molar-refractivity contribution in [3.63, 3.8) is 0 Å². The standard InChI is InChI=1S/C21H26ClN3O5S3/c1-3-24-10-8-14-15(12-24)31-20(18(14)21(27)30-2)23-19(26)13-5-4-9-25(11-13)33(28,29)17-7-6-16(22)32-17/h6-7,13H,3-5,8-12H2,1-2H3,(H,23,26). The number of amides is 1. The number of sulfonamides is 1. The lowest BCUT2D eigenvalue weighted by Gasteiger charge is -2.30. The minimum absolute atomic E-state index is 0.0892. The van der Waals surface area contributed by atoms with Gasteiger partial charge < -0.3 is 10.1 Å². The van der Waals surface area contributed by atoms with Crippen LogP contribution in [-0.2, 0) is 32.5 Å². The fourth-order valence-corrected chi connectivity index (χ4v) is 8.73. The van der Waals surface area contributed by atoms with Crippen molar-refractivity contribution in [3.8, 4) is 0 Å². The van der Waals surface area contributed by atoms with Gasteiger partial charge in [-0.3, -0.25) is 9.69 Å². The topological polar surface area (TPSA) is 96.0 Å². The molecule has 0 aromatic carbocycles. The molecular formula is C21H26ClN3O5S3. The molecule has 0 spiro atoms. The number of carbonyl (C=O) groups is 2. The number of nitrogens with zero attached hydrogens (tertiary/aromatic N) is 2. The van der Waals surface area contributed by atoms with Gasteiger partial charge in [0.15, 0.2) is 0 Å². The van der Waals surface area contributed by atoms with Crippen LogP contribution >= 0.6 is 34.3 Å². The van der Waals surface area contributed by atoms with E-state index in [1.807, 2.05) is 0 Å². The van der Waals surface area contributed by atoms with Crippen molar-refractivity contribution in [1.29, 1.82) is 0 Å². The summed E-state index contributed by atoms with van der Waals surface area (Å²) in [6.07, 6.45) is 1.87. The number of rotatable bonds is 6. The number of likely N-dealkylation sites (N-methyl/N-ethyl adjacent to an activating group) is 1. The number of fused-ring (bicyclic) bond motifs is 1. The molecule has 1 atom stereocenters. The third-order valence-electron chi connectivity index (χ3n) is 6.11. The van der Waals surface area contributed by atoms with Crippen LogP contribution < -0.4 is 5.32 Å². The van der Waals surface area contributed by atoms with Crippen LogP contribution in [0.2, 0.25) is 4.34 Å². The highest BCUT2D eigenvalue weighted by Crippen LogP contribution is 2.38. The number of hydrogen-bond donors (Lipinski definition) is 1. The Labute approximate surface area is 206 Å².